The van der Waals surface area contributed by atoms with Crippen LogP contribution in [0.2, 0.25) is 0 Å². The summed E-state index contributed by atoms with van der Waals surface area (Å²) in [4.78, 5) is 11.9. The molecule has 3 rings (SSSR count). The molecular weight excluding hydrogens is 302 g/mol. The van der Waals surface area contributed by atoms with Gasteiger partial charge in [-0.3, -0.25) is 5.32 Å². The van der Waals surface area contributed by atoms with Crippen LogP contribution in [-0.2, 0) is 14.3 Å². The van der Waals surface area contributed by atoms with Crippen LogP contribution in [-0.4, -0.2) is 30.9 Å². The molecule has 0 amide bonds. The standard InChI is InChI=1S/C20H29NO3/c1-13-5-4-6-16(12-23-15(3)21-17-8-9-17)7-10-18-14(2)20(22)24-19(18)11-13/h6,11,15,17-19,21H,2,4-5,7-10,12H2,1,3H3/b13-11+,16-6+/t15?,18-,19+/m0/s1. The minimum absolute atomic E-state index is 0.0922. The van der Waals surface area contributed by atoms with Gasteiger partial charge in [0.25, 0.3) is 0 Å². The zero-order chi connectivity index (χ0) is 17.1. The Labute approximate surface area is 145 Å². The van der Waals surface area contributed by atoms with Crippen LogP contribution in [0.15, 0.2) is 35.5 Å². The monoisotopic (exact) mass is 331 g/mol. The maximum Gasteiger partial charge on any atom is 0.334 e. The normalized spacial score (nSPS) is 33.8. The smallest absolute Gasteiger partial charge is 0.334 e. The number of nitrogens with one attached hydrogen (secondary N) is 1. The van der Waals surface area contributed by atoms with Crippen LogP contribution in [0, 0.1) is 5.92 Å². The minimum Gasteiger partial charge on any atom is -0.454 e. The molecule has 24 heavy (non-hydrogen) atoms. The fraction of sp³-hybridized carbons (Fsp3) is 0.650. The van der Waals surface area contributed by atoms with Crippen molar-refractivity contribution in [2.24, 2.45) is 5.92 Å². The average Bonchev–Trinajstić information content (AvgIpc) is 3.30. The van der Waals surface area contributed by atoms with E-state index in [4.69, 9.17) is 9.47 Å². The number of hydrogen-bond acceptors (Lipinski definition) is 4. The van der Waals surface area contributed by atoms with E-state index in [0.717, 1.165) is 25.7 Å². The van der Waals surface area contributed by atoms with Crippen LogP contribution in [0.5, 0.6) is 0 Å². The molecule has 3 atom stereocenters. The summed E-state index contributed by atoms with van der Waals surface area (Å²) in [5, 5.41) is 3.46. The second-order valence-corrected chi connectivity index (χ2v) is 7.35. The first kappa shape index (κ1) is 17.4. The van der Waals surface area contributed by atoms with Gasteiger partial charge in [0.2, 0.25) is 0 Å². The molecule has 0 aromatic carbocycles. The Morgan fingerprint density at radius 3 is 2.92 bits per heavy atom. The number of rotatable bonds is 5. The van der Waals surface area contributed by atoms with Crippen molar-refractivity contribution in [2.75, 3.05) is 6.61 Å². The number of esters is 1. The predicted octanol–water partition coefficient (Wildman–Crippen LogP) is 3.65. The highest BCUT2D eigenvalue weighted by molar-refractivity contribution is 5.91. The predicted molar refractivity (Wildman–Crippen MR) is 94.4 cm³/mol. The third-order valence-corrected chi connectivity index (χ3v) is 5.11. The molecule has 1 N–H and O–H groups in total. The lowest BCUT2D eigenvalue weighted by atomic mass is 9.88. The molecule has 1 saturated carbocycles. The Hall–Kier alpha value is -1.39. The van der Waals surface area contributed by atoms with Gasteiger partial charge in [-0.05, 0) is 64.0 Å². The van der Waals surface area contributed by atoms with E-state index in [1.54, 1.807) is 0 Å². The molecule has 0 spiro atoms. The van der Waals surface area contributed by atoms with Crippen LogP contribution in [0.3, 0.4) is 0 Å². The maximum absolute atomic E-state index is 11.9. The molecule has 1 aliphatic heterocycles. The summed E-state index contributed by atoms with van der Waals surface area (Å²) in [5.74, 6) is -0.145. The highest BCUT2D eigenvalue weighted by Gasteiger charge is 2.37. The largest absolute Gasteiger partial charge is 0.454 e. The molecule has 2 aliphatic carbocycles. The number of fused-ring (bicyclic) bond motifs is 1. The van der Waals surface area contributed by atoms with Gasteiger partial charge < -0.3 is 9.47 Å². The van der Waals surface area contributed by atoms with Crippen molar-refractivity contribution in [3.05, 3.63) is 35.5 Å². The molecule has 132 valence electrons. The molecule has 0 bridgehead atoms. The average molecular weight is 331 g/mol. The minimum atomic E-state index is -0.239. The first-order chi connectivity index (χ1) is 11.5. The first-order valence-electron chi connectivity index (χ1n) is 9.15. The van der Waals surface area contributed by atoms with E-state index in [-0.39, 0.29) is 24.2 Å². The van der Waals surface area contributed by atoms with Crippen LogP contribution in [0.4, 0.5) is 0 Å². The first-order valence-corrected chi connectivity index (χ1v) is 9.15. The van der Waals surface area contributed by atoms with Crippen LogP contribution >= 0.6 is 0 Å². The molecule has 0 aromatic rings. The molecule has 1 heterocycles. The molecule has 1 saturated heterocycles. The topological polar surface area (TPSA) is 47.6 Å². The molecule has 1 unspecified atom stereocenters. The van der Waals surface area contributed by atoms with Gasteiger partial charge in [0.15, 0.2) is 0 Å². The van der Waals surface area contributed by atoms with E-state index in [9.17, 15) is 4.79 Å². The van der Waals surface area contributed by atoms with Crippen LogP contribution in [0.1, 0.15) is 52.4 Å². The van der Waals surface area contributed by atoms with Gasteiger partial charge in [0.05, 0.1) is 6.61 Å². The number of carbonyl (C=O) groups is 1. The van der Waals surface area contributed by atoms with E-state index in [1.807, 2.05) is 0 Å². The molecule has 2 fully saturated rings. The van der Waals surface area contributed by atoms with Gasteiger partial charge >= 0.3 is 5.97 Å². The Kier molecular flexibility index (Phi) is 5.57. The Bertz CT molecular complexity index is 559. The summed E-state index contributed by atoms with van der Waals surface area (Å²) in [6.07, 6.45) is 10.7. The van der Waals surface area contributed by atoms with Crippen molar-refractivity contribution in [3.8, 4) is 0 Å². The molecule has 4 heteroatoms. The second-order valence-electron chi connectivity index (χ2n) is 7.35. The summed E-state index contributed by atoms with van der Waals surface area (Å²) in [6, 6.07) is 0.650. The summed E-state index contributed by atoms with van der Waals surface area (Å²) in [7, 11) is 0. The number of ether oxygens (including phenoxy) is 2. The lowest BCUT2D eigenvalue weighted by Crippen LogP contribution is -2.31. The van der Waals surface area contributed by atoms with E-state index in [1.165, 1.54) is 24.0 Å². The third-order valence-electron chi connectivity index (χ3n) is 5.11. The van der Waals surface area contributed by atoms with Gasteiger partial charge in [-0.25, -0.2) is 4.79 Å². The van der Waals surface area contributed by atoms with Crippen molar-refractivity contribution in [1.29, 1.82) is 0 Å². The van der Waals surface area contributed by atoms with Crippen molar-refractivity contribution in [1.82, 2.24) is 5.32 Å². The number of hydrogen-bond donors (Lipinski definition) is 1. The fourth-order valence-electron chi connectivity index (χ4n) is 3.42. The fourth-order valence-corrected chi connectivity index (χ4v) is 3.42. The van der Waals surface area contributed by atoms with E-state index < -0.39 is 0 Å². The zero-order valence-corrected chi connectivity index (χ0v) is 14.8. The maximum atomic E-state index is 11.9. The number of allylic oxidation sites excluding steroid dienone is 2. The summed E-state index contributed by atoms with van der Waals surface area (Å²) >= 11 is 0. The van der Waals surface area contributed by atoms with Gasteiger partial charge in [0.1, 0.15) is 12.3 Å². The highest BCUT2D eigenvalue weighted by atomic mass is 16.6. The summed E-state index contributed by atoms with van der Waals surface area (Å²) < 4.78 is 11.5. The van der Waals surface area contributed by atoms with Crippen molar-refractivity contribution < 1.29 is 14.3 Å². The van der Waals surface area contributed by atoms with Crippen molar-refractivity contribution >= 4 is 5.97 Å². The van der Waals surface area contributed by atoms with E-state index in [0.29, 0.717) is 18.2 Å². The van der Waals surface area contributed by atoms with Crippen molar-refractivity contribution in [3.63, 3.8) is 0 Å². The Morgan fingerprint density at radius 1 is 1.38 bits per heavy atom. The van der Waals surface area contributed by atoms with Gasteiger partial charge in [0, 0.05) is 17.5 Å². The lowest BCUT2D eigenvalue weighted by molar-refractivity contribution is -0.137. The van der Waals surface area contributed by atoms with Gasteiger partial charge in [-0.15, -0.1) is 0 Å². The Morgan fingerprint density at radius 2 is 2.17 bits per heavy atom. The van der Waals surface area contributed by atoms with Crippen molar-refractivity contribution in [2.45, 2.75) is 70.7 Å². The summed E-state index contributed by atoms with van der Waals surface area (Å²) in [6.45, 7) is 8.79. The third kappa shape index (κ3) is 4.58. The molecular formula is C20H29NO3. The van der Waals surface area contributed by atoms with Crippen LogP contribution < -0.4 is 5.32 Å². The van der Waals surface area contributed by atoms with E-state index in [2.05, 4.69) is 37.9 Å². The van der Waals surface area contributed by atoms with Gasteiger partial charge in [-0.1, -0.05) is 18.2 Å². The van der Waals surface area contributed by atoms with E-state index >= 15 is 0 Å². The SMILES string of the molecule is C=C1C(=O)O[C@@H]2/C=C(\C)CC/C=C(/COC(C)NC3CC3)CC[C@@H]12. The zero-order valence-electron chi connectivity index (χ0n) is 14.8. The van der Waals surface area contributed by atoms with Gasteiger partial charge in [-0.2, -0.15) is 0 Å². The number of carbonyl (C=O) groups excluding carboxylic acids is 1. The molecule has 3 aliphatic rings. The second kappa shape index (κ2) is 7.66. The summed E-state index contributed by atoms with van der Waals surface area (Å²) in [5.41, 5.74) is 3.21. The Balaban J connectivity index is 1.60. The molecule has 0 aromatic heterocycles. The highest BCUT2D eigenvalue weighted by Crippen LogP contribution is 2.34. The quantitative estimate of drug-likeness (QED) is 0.362. The molecule has 4 nitrogen and oxygen atoms in total. The molecule has 0 radical (unpaired) electrons. The van der Waals surface area contributed by atoms with Crippen LogP contribution in [0.25, 0.3) is 0 Å². The lowest BCUT2D eigenvalue weighted by Gasteiger charge is -2.20.